The quantitative estimate of drug-likeness (QED) is 0.103. The van der Waals surface area contributed by atoms with E-state index in [9.17, 15) is 14.9 Å². The van der Waals surface area contributed by atoms with E-state index >= 15 is 0 Å². The smallest absolute Gasteiger partial charge is 0.299 e. The molecule has 0 saturated carbocycles. The topological polar surface area (TPSA) is 173 Å². The highest BCUT2D eigenvalue weighted by atomic mass is 32.2. The van der Waals surface area contributed by atoms with Gasteiger partial charge in [-0.25, -0.2) is 10.4 Å². The number of aromatic nitrogens is 2. The van der Waals surface area contributed by atoms with Crippen molar-refractivity contribution in [3.8, 4) is 0 Å². The van der Waals surface area contributed by atoms with Crippen LogP contribution in [-0.2, 0) is 6.42 Å². The standard InChI is InChI=1S/C19H25N9O3S/c1-12-17(26-27-19(29)32-12)13-4-5-15(16(9-13)28(30)31)22-7-8-24-18(20)23-6-2-3-14-10-21-11-25-14/h4-5,9-12,22H,2-3,6-8H2,1H3,(H,21,25)(H,27,29)(H3,20,23,24). The van der Waals surface area contributed by atoms with Gasteiger partial charge in [-0.05, 0) is 25.8 Å². The average molecular weight is 460 g/mol. The zero-order valence-corrected chi connectivity index (χ0v) is 18.3. The number of carbonyl (C=O) groups excluding carboxylic acids is 1. The molecule has 6 N–H and O–H groups in total. The van der Waals surface area contributed by atoms with E-state index in [1.807, 2.05) is 13.1 Å². The maximum absolute atomic E-state index is 11.5. The molecule has 0 saturated heterocycles. The molecule has 0 spiro atoms. The molecular weight excluding hydrogens is 434 g/mol. The van der Waals surface area contributed by atoms with Crippen LogP contribution in [0.25, 0.3) is 0 Å². The monoisotopic (exact) mass is 459 g/mol. The second-order valence-corrected chi connectivity index (χ2v) is 8.28. The lowest BCUT2D eigenvalue weighted by molar-refractivity contribution is -0.384. The average Bonchev–Trinajstić information content (AvgIpc) is 3.28. The number of hydrazone groups is 1. The highest BCUT2D eigenvalue weighted by Crippen LogP contribution is 2.28. The molecule has 0 aliphatic carbocycles. The Labute approximate surface area is 188 Å². The number of imidazole rings is 1. The van der Waals surface area contributed by atoms with Crippen LogP contribution in [0.5, 0.6) is 0 Å². The van der Waals surface area contributed by atoms with Crippen molar-refractivity contribution in [1.29, 1.82) is 5.41 Å². The zero-order valence-electron chi connectivity index (χ0n) is 17.5. The van der Waals surface area contributed by atoms with Gasteiger partial charge in [0.05, 0.1) is 27.9 Å². The molecule has 1 aliphatic heterocycles. The van der Waals surface area contributed by atoms with Gasteiger partial charge in [0.2, 0.25) is 0 Å². The molecule has 3 rings (SSSR count). The maximum Gasteiger partial charge on any atom is 0.299 e. The second kappa shape index (κ2) is 11.1. The summed E-state index contributed by atoms with van der Waals surface area (Å²) in [7, 11) is 0. The Morgan fingerprint density at radius 2 is 2.12 bits per heavy atom. The van der Waals surface area contributed by atoms with Crippen molar-refractivity contribution in [1.82, 2.24) is 26.0 Å². The van der Waals surface area contributed by atoms with E-state index in [1.165, 1.54) is 6.07 Å². The van der Waals surface area contributed by atoms with E-state index in [0.717, 1.165) is 30.3 Å². The van der Waals surface area contributed by atoms with Crippen LogP contribution in [0.3, 0.4) is 0 Å². The van der Waals surface area contributed by atoms with Crippen molar-refractivity contribution >= 4 is 40.0 Å². The number of guanidine groups is 1. The van der Waals surface area contributed by atoms with Crippen molar-refractivity contribution < 1.29 is 9.72 Å². The summed E-state index contributed by atoms with van der Waals surface area (Å²) in [5.74, 6) is 0.197. The fourth-order valence-electron chi connectivity index (χ4n) is 3.09. The summed E-state index contributed by atoms with van der Waals surface area (Å²) in [5.41, 5.74) is 4.84. The van der Waals surface area contributed by atoms with Crippen LogP contribution in [-0.4, -0.2) is 56.7 Å². The van der Waals surface area contributed by atoms with Crippen LogP contribution in [0.1, 0.15) is 24.6 Å². The van der Waals surface area contributed by atoms with Crippen molar-refractivity contribution in [3.05, 3.63) is 52.1 Å². The van der Waals surface area contributed by atoms with E-state index in [-0.39, 0.29) is 22.1 Å². The largest absolute Gasteiger partial charge is 0.378 e. The number of thioether (sulfide) groups is 1. The number of nitrogens with zero attached hydrogens (tertiary/aromatic N) is 3. The highest BCUT2D eigenvalue weighted by Gasteiger charge is 2.25. The molecule has 1 unspecified atom stereocenters. The van der Waals surface area contributed by atoms with Gasteiger partial charge in [-0.15, -0.1) is 0 Å². The van der Waals surface area contributed by atoms with Gasteiger partial charge in [0.25, 0.3) is 10.9 Å². The minimum Gasteiger partial charge on any atom is -0.378 e. The van der Waals surface area contributed by atoms with Gasteiger partial charge < -0.3 is 20.9 Å². The number of anilines is 1. The van der Waals surface area contributed by atoms with E-state index in [2.05, 4.69) is 36.4 Å². The van der Waals surface area contributed by atoms with E-state index in [1.54, 1.807) is 18.5 Å². The van der Waals surface area contributed by atoms with Crippen LogP contribution < -0.4 is 21.4 Å². The number of benzene rings is 1. The van der Waals surface area contributed by atoms with Crippen molar-refractivity contribution in [2.75, 3.05) is 25.0 Å². The Kier molecular flexibility index (Phi) is 8.02. The number of carbonyl (C=O) groups is 1. The Bertz CT molecular complexity index is 994. The van der Waals surface area contributed by atoms with Gasteiger partial charge in [0, 0.05) is 37.5 Å². The number of hydrogen-bond acceptors (Lipinski definition) is 8. The molecule has 2 heterocycles. The van der Waals surface area contributed by atoms with E-state index in [0.29, 0.717) is 36.6 Å². The molecule has 170 valence electrons. The van der Waals surface area contributed by atoms with Crippen LogP contribution in [0, 0.1) is 15.5 Å². The number of hydrogen-bond donors (Lipinski definition) is 6. The number of H-pyrrole nitrogens is 1. The first kappa shape index (κ1) is 23.1. The Hall–Kier alpha value is -3.61. The molecule has 1 amide bonds. The third kappa shape index (κ3) is 6.44. The molecule has 1 atom stereocenters. The third-order valence-corrected chi connectivity index (χ3v) is 5.52. The summed E-state index contributed by atoms with van der Waals surface area (Å²) in [6.07, 6.45) is 5.15. The number of aryl methyl sites for hydroxylation is 1. The fourth-order valence-corrected chi connectivity index (χ4v) is 3.81. The number of amides is 1. The van der Waals surface area contributed by atoms with Gasteiger partial charge in [0.1, 0.15) is 5.69 Å². The van der Waals surface area contributed by atoms with Gasteiger partial charge in [-0.3, -0.25) is 20.3 Å². The van der Waals surface area contributed by atoms with Crippen LogP contribution in [0.15, 0.2) is 35.8 Å². The Morgan fingerprint density at radius 1 is 1.31 bits per heavy atom. The lowest BCUT2D eigenvalue weighted by atomic mass is 10.1. The minimum absolute atomic E-state index is 0.0779. The van der Waals surface area contributed by atoms with Crippen LogP contribution in [0.4, 0.5) is 16.2 Å². The SMILES string of the molecule is CC1SC(=O)NN=C1c1ccc(NCCNC(=N)NCCCc2c[nH]cn2)c([N+](=O)[O-])c1. The summed E-state index contributed by atoms with van der Waals surface area (Å²) in [4.78, 5) is 29.5. The number of nitro benzene ring substituents is 1. The van der Waals surface area contributed by atoms with Crippen molar-refractivity contribution in [2.45, 2.75) is 25.0 Å². The normalized spacial score (nSPS) is 15.5. The minimum atomic E-state index is -0.456. The summed E-state index contributed by atoms with van der Waals surface area (Å²) in [6.45, 7) is 3.27. The second-order valence-electron chi connectivity index (χ2n) is 6.96. The molecule has 0 fully saturated rings. The molecule has 0 radical (unpaired) electrons. The summed E-state index contributed by atoms with van der Waals surface area (Å²) in [5, 5.41) is 31.9. The van der Waals surface area contributed by atoms with Crippen LogP contribution >= 0.6 is 11.8 Å². The first-order chi connectivity index (χ1) is 15.4. The third-order valence-electron chi connectivity index (χ3n) is 4.64. The molecule has 0 bridgehead atoms. The van der Waals surface area contributed by atoms with Crippen molar-refractivity contribution in [3.63, 3.8) is 0 Å². The Balaban J connectivity index is 1.45. The highest BCUT2D eigenvalue weighted by molar-refractivity contribution is 8.14. The summed E-state index contributed by atoms with van der Waals surface area (Å²) in [6, 6.07) is 4.81. The lowest BCUT2D eigenvalue weighted by Gasteiger charge is -2.18. The molecular formula is C19H25N9O3S. The molecule has 32 heavy (non-hydrogen) atoms. The number of aromatic amines is 1. The molecule has 1 aromatic heterocycles. The van der Waals surface area contributed by atoms with E-state index < -0.39 is 4.92 Å². The molecule has 1 aliphatic rings. The van der Waals surface area contributed by atoms with Gasteiger partial charge in [0.15, 0.2) is 5.96 Å². The number of nitro groups is 1. The molecule has 12 nitrogen and oxygen atoms in total. The summed E-state index contributed by atoms with van der Waals surface area (Å²) >= 11 is 1.08. The first-order valence-corrected chi connectivity index (χ1v) is 10.9. The van der Waals surface area contributed by atoms with Crippen LogP contribution in [0.2, 0.25) is 0 Å². The van der Waals surface area contributed by atoms with Gasteiger partial charge in [-0.2, -0.15) is 5.10 Å². The number of nitrogens with one attached hydrogen (secondary N) is 6. The van der Waals surface area contributed by atoms with Gasteiger partial charge in [-0.1, -0.05) is 17.8 Å². The van der Waals surface area contributed by atoms with E-state index in [4.69, 9.17) is 5.41 Å². The predicted molar refractivity (Wildman–Crippen MR) is 124 cm³/mol. The maximum atomic E-state index is 11.5. The predicted octanol–water partition coefficient (Wildman–Crippen LogP) is 2.03. The number of rotatable bonds is 10. The molecule has 13 heteroatoms. The van der Waals surface area contributed by atoms with Crippen molar-refractivity contribution in [2.24, 2.45) is 5.10 Å². The lowest BCUT2D eigenvalue weighted by Crippen LogP contribution is -2.39. The molecule has 1 aromatic carbocycles. The first-order valence-electron chi connectivity index (χ1n) is 10.0. The Morgan fingerprint density at radius 3 is 2.84 bits per heavy atom. The zero-order chi connectivity index (χ0) is 22.9. The van der Waals surface area contributed by atoms with Gasteiger partial charge >= 0.3 is 0 Å². The molecule has 2 aromatic rings. The summed E-state index contributed by atoms with van der Waals surface area (Å²) < 4.78 is 0. The fraction of sp³-hybridized carbons (Fsp3) is 0.368.